The van der Waals surface area contributed by atoms with Gasteiger partial charge in [0.25, 0.3) is 5.91 Å². The number of aliphatic hydroxyl groups is 1. The molecule has 1 aromatic heterocycles. The van der Waals surface area contributed by atoms with Crippen LogP contribution in [0.2, 0.25) is 0 Å². The molecule has 0 fully saturated rings. The monoisotopic (exact) mass is 283 g/mol. The summed E-state index contributed by atoms with van der Waals surface area (Å²) in [6.45, 7) is 3.52. The fourth-order valence-electron chi connectivity index (χ4n) is 2.31. The molecule has 4 nitrogen and oxygen atoms in total. The number of ether oxygens (including phenoxy) is 1. The Labute approximate surface area is 117 Å². The van der Waals surface area contributed by atoms with Crippen molar-refractivity contribution in [3.8, 4) is 0 Å². The average Bonchev–Trinajstić information content (AvgIpc) is 2.81. The summed E-state index contributed by atoms with van der Waals surface area (Å²) in [4.78, 5) is 14.2. The average molecular weight is 283 g/mol. The highest BCUT2D eigenvalue weighted by atomic mass is 32.1. The number of aryl methyl sites for hydroxylation is 1. The Morgan fingerprint density at radius 3 is 3.21 bits per heavy atom. The van der Waals surface area contributed by atoms with E-state index in [0.717, 1.165) is 23.6 Å². The molecule has 0 radical (unpaired) electrons. The molecule has 0 bridgehead atoms. The first-order chi connectivity index (χ1) is 9.20. The van der Waals surface area contributed by atoms with Crippen LogP contribution < -0.4 is 5.32 Å². The second kappa shape index (κ2) is 7.03. The van der Waals surface area contributed by atoms with Gasteiger partial charge in [-0.2, -0.15) is 0 Å². The van der Waals surface area contributed by atoms with Crippen LogP contribution in [0.25, 0.3) is 0 Å². The third-order valence-corrected chi connectivity index (χ3v) is 4.56. The molecule has 1 atom stereocenters. The van der Waals surface area contributed by atoms with Crippen molar-refractivity contribution in [3.63, 3.8) is 0 Å². The zero-order chi connectivity index (χ0) is 13.7. The molecular formula is C14H21NO3S. The molecular weight excluding hydrogens is 262 g/mol. The molecule has 106 valence electrons. The molecule has 1 heterocycles. The summed E-state index contributed by atoms with van der Waals surface area (Å²) in [5.41, 5.74) is 1.35. The van der Waals surface area contributed by atoms with E-state index in [1.54, 1.807) is 11.3 Å². The minimum absolute atomic E-state index is 0.0142. The Morgan fingerprint density at radius 1 is 1.58 bits per heavy atom. The third-order valence-electron chi connectivity index (χ3n) is 3.32. The van der Waals surface area contributed by atoms with Crippen molar-refractivity contribution in [2.45, 2.75) is 26.2 Å². The summed E-state index contributed by atoms with van der Waals surface area (Å²) >= 11 is 1.62. The maximum Gasteiger partial charge on any atom is 0.261 e. The molecule has 0 saturated carbocycles. The van der Waals surface area contributed by atoms with E-state index in [4.69, 9.17) is 9.84 Å². The van der Waals surface area contributed by atoms with Crippen LogP contribution >= 0.6 is 11.3 Å². The van der Waals surface area contributed by atoms with Gasteiger partial charge in [-0.3, -0.25) is 4.79 Å². The normalized spacial score (nSPS) is 18.1. The first-order valence-corrected chi connectivity index (χ1v) is 7.60. The molecule has 1 amide bonds. The van der Waals surface area contributed by atoms with Crippen LogP contribution in [0.5, 0.6) is 0 Å². The zero-order valence-corrected chi connectivity index (χ0v) is 12.1. The minimum atomic E-state index is -0.0142. The van der Waals surface area contributed by atoms with Crippen LogP contribution in [0.4, 0.5) is 0 Å². The summed E-state index contributed by atoms with van der Waals surface area (Å²) in [7, 11) is 0. The van der Waals surface area contributed by atoms with E-state index < -0.39 is 0 Å². The van der Waals surface area contributed by atoms with Gasteiger partial charge in [-0.05, 0) is 36.8 Å². The van der Waals surface area contributed by atoms with Crippen molar-refractivity contribution >= 4 is 17.2 Å². The molecule has 0 aliphatic heterocycles. The highest BCUT2D eigenvalue weighted by molar-refractivity contribution is 7.14. The molecule has 0 spiro atoms. The first-order valence-electron chi connectivity index (χ1n) is 6.79. The van der Waals surface area contributed by atoms with E-state index in [2.05, 4.69) is 12.2 Å². The number of thiophene rings is 1. The van der Waals surface area contributed by atoms with E-state index in [1.165, 1.54) is 16.9 Å². The van der Waals surface area contributed by atoms with Crippen molar-refractivity contribution in [2.24, 2.45) is 5.92 Å². The van der Waals surface area contributed by atoms with Crippen LogP contribution in [0.15, 0.2) is 6.07 Å². The molecule has 1 aliphatic rings. The summed E-state index contributed by atoms with van der Waals surface area (Å²) in [6, 6.07) is 2.04. The SMILES string of the molecule is CC1CCc2sc(C(=O)NCCOCCO)cc2C1. The lowest BCUT2D eigenvalue weighted by molar-refractivity contribution is 0.0840. The smallest absolute Gasteiger partial charge is 0.261 e. The van der Waals surface area contributed by atoms with Crippen LogP contribution in [0.3, 0.4) is 0 Å². The van der Waals surface area contributed by atoms with Gasteiger partial charge in [0.05, 0.1) is 24.7 Å². The summed E-state index contributed by atoms with van der Waals surface area (Å²) in [5, 5.41) is 11.4. The first kappa shape index (κ1) is 14.5. The zero-order valence-electron chi connectivity index (χ0n) is 11.3. The molecule has 19 heavy (non-hydrogen) atoms. The van der Waals surface area contributed by atoms with Crippen LogP contribution in [0, 0.1) is 5.92 Å². The van der Waals surface area contributed by atoms with E-state index in [9.17, 15) is 4.79 Å². The van der Waals surface area contributed by atoms with Crippen molar-refractivity contribution in [2.75, 3.05) is 26.4 Å². The van der Waals surface area contributed by atoms with Gasteiger partial charge in [-0.1, -0.05) is 6.92 Å². The van der Waals surface area contributed by atoms with Crippen molar-refractivity contribution < 1.29 is 14.6 Å². The fourth-order valence-corrected chi connectivity index (χ4v) is 3.43. The molecule has 0 saturated heterocycles. The van der Waals surface area contributed by atoms with Gasteiger partial charge in [0.1, 0.15) is 0 Å². The quantitative estimate of drug-likeness (QED) is 0.780. The fraction of sp³-hybridized carbons (Fsp3) is 0.643. The molecule has 0 aromatic carbocycles. The predicted molar refractivity (Wildman–Crippen MR) is 75.7 cm³/mol. The van der Waals surface area contributed by atoms with Crippen molar-refractivity contribution in [1.82, 2.24) is 5.32 Å². The van der Waals surface area contributed by atoms with Crippen LogP contribution in [-0.2, 0) is 17.6 Å². The van der Waals surface area contributed by atoms with Gasteiger partial charge in [-0.15, -0.1) is 11.3 Å². The number of amides is 1. The Balaban J connectivity index is 1.83. The number of carbonyl (C=O) groups excluding carboxylic acids is 1. The molecule has 5 heteroatoms. The van der Waals surface area contributed by atoms with E-state index >= 15 is 0 Å². The number of hydrogen-bond donors (Lipinski definition) is 2. The van der Waals surface area contributed by atoms with Gasteiger partial charge in [0.15, 0.2) is 0 Å². The number of rotatable bonds is 6. The highest BCUT2D eigenvalue weighted by Crippen LogP contribution is 2.32. The number of hydrogen-bond acceptors (Lipinski definition) is 4. The lowest BCUT2D eigenvalue weighted by Gasteiger charge is -2.16. The molecule has 2 N–H and O–H groups in total. The van der Waals surface area contributed by atoms with Crippen molar-refractivity contribution in [1.29, 1.82) is 0 Å². The lowest BCUT2D eigenvalue weighted by Crippen LogP contribution is -2.26. The predicted octanol–water partition coefficient (Wildman–Crippen LogP) is 1.61. The van der Waals surface area contributed by atoms with Gasteiger partial charge in [0.2, 0.25) is 0 Å². The second-order valence-electron chi connectivity index (χ2n) is 5.00. The molecule has 1 aromatic rings. The maximum absolute atomic E-state index is 12.0. The molecule has 1 unspecified atom stereocenters. The highest BCUT2D eigenvalue weighted by Gasteiger charge is 2.20. The van der Waals surface area contributed by atoms with E-state index in [-0.39, 0.29) is 12.5 Å². The van der Waals surface area contributed by atoms with Gasteiger partial charge in [0, 0.05) is 11.4 Å². The van der Waals surface area contributed by atoms with E-state index in [0.29, 0.717) is 19.8 Å². The summed E-state index contributed by atoms with van der Waals surface area (Å²) < 4.78 is 5.10. The summed E-state index contributed by atoms with van der Waals surface area (Å²) in [6.07, 6.45) is 3.43. The Hall–Kier alpha value is -0.910. The Kier molecular flexibility index (Phi) is 5.36. The van der Waals surface area contributed by atoms with Crippen LogP contribution in [-0.4, -0.2) is 37.4 Å². The second-order valence-corrected chi connectivity index (χ2v) is 6.14. The third kappa shape index (κ3) is 4.03. The standard InChI is InChI=1S/C14H21NO3S/c1-10-2-3-12-11(8-10)9-13(19-12)14(17)15-4-6-18-7-5-16/h9-10,16H,2-8H2,1H3,(H,15,17). The topological polar surface area (TPSA) is 58.6 Å². The molecule has 2 rings (SSSR count). The largest absolute Gasteiger partial charge is 0.394 e. The lowest BCUT2D eigenvalue weighted by atomic mass is 9.90. The van der Waals surface area contributed by atoms with Gasteiger partial charge < -0.3 is 15.2 Å². The number of fused-ring (bicyclic) bond motifs is 1. The number of nitrogens with one attached hydrogen (secondary N) is 1. The number of aliphatic hydroxyl groups excluding tert-OH is 1. The number of carbonyl (C=O) groups is 1. The van der Waals surface area contributed by atoms with E-state index in [1.807, 2.05) is 6.07 Å². The Bertz CT molecular complexity index is 430. The maximum atomic E-state index is 12.0. The minimum Gasteiger partial charge on any atom is -0.394 e. The van der Waals surface area contributed by atoms with Gasteiger partial charge >= 0.3 is 0 Å². The summed E-state index contributed by atoms with van der Waals surface area (Å²) in [5.74, 6) is 0.713. The van der Waals surface area contributed by atoms with Gasteiger partial charge in [-0.25, -0.2) is 0 Å². The Morgan fingerprint density at radius 2 is 2.42 bits per heavy atom. The molecule has 1 aliphatic carbocycles. The van der Waals surface area contributed by atoms with Crippen molar-refractivity contribution in [3.05, 3.63) is 21.4 Å². The van der Waals surface area contributed by atoms with Crippen LogP contribution in [0.1, 0.15) is 33.5 Å².